The van der Waals surface area contributed by atoms with Crippen molar-refractivity contribution in [3.05, 3.63) is 86.8 Å². The lowest BCUT2D eigenvalue weighted by Crippen LogP contribution is -2.67. The Kier molecular flexibility index (Phi) is 10.2. The summed E-state index contributed by atoms with van der Waals surface area (Å²) in [7, 11) is -3.33. The Morgan fingerprint density at radius 2 is 1.92 bits per heavy atom. The molecule has 0 saturated carbocycles. The Bertz CT molecular complexity index is 1910. The van der Waals surface area contributed by atoms with Crippen molar-refractivity contribution < 1.29 is 37.1 Å². The molecule has 1 fully saturated rings. The highest BCUT2D eigenvalue weighted by Gasteiger charge is 2.47. The number of hydrogen-bond acceptors (Lipinski definition) is 11. The van der Waals surface area contributed by atoms with Gasteiger partial charge in [-0.25, -0.2) is 13.6 Å². The van der Waals surface area contributed by atoms with Crippen molar-refractivity contribution in [2.24, 2.45) is 11.7 Å². The van der Waals surface area contributed by atoms with Crippen LogP contribution in [0, 0.1) is 17.6 Å². The Morgan fingerprint density at radius 3 is 2.65 bits per heavy atom. The predicted octanol–water partition coefficient (Wildman–Crippen LogP) is 4.07. The molecular formula is C33H37F2N4O7PS2. The maximum absolute atomic E-state index is 15.6. The van der Waals surface area contributed by atoms with Gasteiger partial charge in [-0.2, -0.15) is 0 Å². The number of thioether (sulfide) groups is 2. The summed E-state index contributed by atoms with van der Waals surface area (Å²) in [6.07, 6.45) is 0.584. The second-order valence-electron chi connectivity index (χ2n) is 12.7. The van der Waals surface area contributed by atoms with Crippen molar-refractivity contribution in [1.29, 1.82) is 0 Å². The SMILES string of the molecule is CC(C)CS[C@H](N)C(=O)OCOc1c2n(cc(P(C)(C)=O)c1=O)N([C@@H]1c3ccccc3SCc3c1ccc(F)c3F)[C@@H]1COCCN1C2=O. The quantitative estimate of drug-likeness (QED) is 0.194. The van der Waals surface area contributed by atoms with E-state index in [9.17, 15) is 23.3 Å². The molecule has 1 amide bonds. The van der Waals surface area contributed by atoms with Crippen molar-refractivity contribution in [1.82, 2.24) is 9.58 Å². The highest BCUT2D eigenvalue weighted by Crippen LogP contribution is 2.46. The number of amides is 1. The van der Waals surface area contributed by atoms with Gasteiger partial charge in [0.25, 0.3) is 5.91 Å². The van der Waals surface area contributed by atoms with E-state index in [0.717, 1.165) is 16.5 Å². The van der Waals surface area contributed by atoms with Crippen LogP contribution in [0.25, 0.3) is 0 Å². The molecule has 0 aliphatic carbocycles. The highest BCUT2D eigenvalue weighted by molar-refractivity contribution is 8.00. The van der Waals surface area contributed by atoms with E-state index in [1.807, 2.05) is 38.1 Å². The normalized spacial score (nSPS) is 19.4. The number of hydrogen-bond donors (Lipinski definition) is 1. The average Bonchev–Trinajstić information content (AvgIpc) is 3.23. The third-order valence-corrected chi connectivity index (χ3v) is 12.5. The Hall–Kier alpha value is -3.36. The van der Waals surface area contributed by atoms with Gasteiger partial charge in [0.1, 0.15) is 13.3 Å². The van der Waals surface area contributed by atoms with Gasteiger partial charge in [0.15, 0.2) is 22.7 Å². The number of morpholine rings is 1. The molecule has 2 aromatic carbocycles. The van der Waals surface area contributed by atoms with Gasteiger partial charge in [0.2, 0.25) is 18.0 Å². The molecule has 0 radical (unpaired) electrons. The van der Waals surface area contributed by atoms with Gasteiger partial charge in [-0.3, -0.25) is 19.3 Å². The smallest absolute Gasteiger partial charge is 0.336 e. The van der Waals surface area contributed by atoms with E-state index < -0.39 is 66.2 Å². The lowest BCUT2D eigenvalue weighted by molar-refractivity contribution is -0.149. The fraction of sp³-hybridized carbons (Fsp3) is 0.424. The maximum atomic E-state index is 15.6. The molecular weight excluding hydrogens is 697 g/mol. The van der Waals surface area contributed by atoms with Crippen LogP contribution in [0.4, 0.5) is 8.78 Å². The van der Waals surface area contributed by atoms with Crippen LogP contribution < -0.4 is 26.2 Å². The predicted molar refractivity (Wildman–Crippen MR) is 185 cm³/mol. The fourth-order valence-electron chi connectivity index (χ4n) is 6.13. The number of fused-ring (bicyclic) bond motifs is 4. The zero-order valence-electron chi connectivity index (χ0n) is 27.4. The van der Waals surface area contributed by atoms with Gasteiger partial charge in [-0.15, -0.1) is 23.5 Å². The van der Waals surface area contributed by atoms with Crippen molar-refractivity contribution in [3.8, 4) is 5.75 Å². The number of nitrogens with two attached hydrogens (primary N) is 1. The standard InChI is InChI=1S/C33H37F2N4O7PS2/c1-18(2)15-49-31(36)33(42)46-17-45-30-28-32(41)37-11-12-44-14-25(37)39(38(28)13-23(29(30)40)47(3,4)43)27-19-9-10-22(34)26(35)21(19)16-48-24-8-6-5-7-20(24)27/h5-10,13,18,25,27,31H,11-12,14-17,36H2,1-4H3/t25-,27+,31+/m1/s1. The van der Waals surface area contributed by atoms with Crippen molar-refractivity contribution in [3.63, 3.8) is 0 Å². The van der Waals surface area contributed by atoms with Crippen LogP contribution in [-0.4, -0.2) is 78.6 Å². The van der Waals surface area contributed by atoms with Crippen LogP contribution in [0.2, 0.25) is 0 Å². The van der Waals surface area contributed by atoms with Crippen LogP contribution in [0.5, 0.6) is 5.75 Å². The van der Waals surface area contributed by atoms with E-state index in [-0.39, 0.29) is 48.0 Å². The molecule has 3 aliphatic heterocycles. The van der Waals surface area contributed by atoms with Gasteiger partial charge >= 0.3 is 5.97 Å². The van der Waals surface area contributed by atoms with Gasteiger partial charge in [0, 0.05) is 29.0 Å². The van der Waals surface area contributed by atoms with E-state index in [1.54, 1.807) is 5.01 Å². The third-order valence-electron chi connectivity index (χ3n) is 8.45. The summed E-state index contributed by atoms with van der Waals surface area (Å²) in [4.78, 5) is 43.3. The summed E-state index contributed by atoms with van der Waals surface area (Å²) in [5.41, 5.74) is 6.32. The molecule has 3 atom stereocenters. The summed E-state index contributed by atoms with van der Waals surface area (Å²) in [6, 6.07) is 9.20. The topological polar surface area (TPSA) is 133 Å². The molecule has 3 aliphatic rings. The number of nitrogens with zero attached hydrogens (tertiary/aromatic N) is 3. The Morgan fingerprint density at radius 1 is 1.16 bits per heavy atom. The molecule has 262 valence electrons. The molecule has 0 spiro atoms. The van der Waals surface area contributed by atoms with E-state index in [1.165, 1.54) is 58.7 Å². The number of pyridine rings is 1. The summed E-state index contributed by atoms with van der Waals surface area (Å²) in [5, 5.41) is 0.655. The van der Waals surface area contributed by atoms with E-state index in [2.05, 4.69) is 0 Å². The van der Waals surface area contributed by atoms with Crippen molar-refractivity contribution in [2.75, 3.05) is 50.6 Å². The number of carbonyl (C=O) groups is 2. The average molecular weight is 735 g/mol. The van der Waals surface area contributed by atoms with Gasteiger partial charge in [-0.1, -0.05) is 38.1 Å². The van der Waals surface area contributed by atoms with Gasteiger partial charge in [-0.05, 0) is 48.3 Å². The number of rotatable bonds is 9. The van der Waals surface area contributed by atoms with Crippen LogP contribution in [0.3, 0.4) is 0 Å². The maximum Gasteiger partial charge on any atom is 0.336 e. The highest BCUT2D eigenvalue weighted by atomic mass is 32.2. The molecule has 0 unspecified atom stereocenters. The first kappa shape index (κ1) is 35.5. The minimum atomic E-state index is -3.33. The Labute approximate surface area is 290 Å². The molecule has 0 bridgehead atoms. The summed E-state index contributed by atoms with van der Waals surface area (Å²) < 4.78 is 62.3. The second kappa shape index (κ2) is 14.1. The van der Waals surface area contributed by atoms with Gasteiger partial charge in [0.05, 0.1) is 24.6 Å². The molecule has 11 nitrogen and oxygen atoms in total. The number of benzene rings is 2. The number of ether oxygens (including phenoxy) is 3. The zero-order chi connectivity index (χ0) is 35.2. The van der Waals surface area contributed by atoms with Crippen LogP contribution in [0.1, 0.15) is 47.1 Å². The number of halogens is 2. The third kappa shape index (κ3) is 6.75. The second-order valence-corrected chi connectivity index (χ2v) is 18.1. The van der Waals surface area contributed by atoms with Crippen molar-refractivity contribution in [2.45, 2.75) is 42.1 Å². The first-order chi connectivity index (χ1) is 23.3. The molecule has 1 aromatic heterocycles. The molecule has 4 heterocycles. The Balaban J connectivity index is 1.54. The summed E-state index contributed by atoms with van der Waals surface area (Å²) in [5.74, 6) is -2.72. The van der Waals surface area contributed by atoms with Crippen LogP contribution in [-0.2, 0) is 24.6 Å². The first-order valence-corrected chi connectivity index (χ1v) is 20.3. The van der Waals surface area contributed by atoms with E-state index >= 15 is 4.39 Å². The van der Waals surface area contributed by atoms with Crippen LogP contribution in [0.15, 0.2) is 52.3 Å². The van der Waals surface area contributed by atoms with Crippen molar-refractivity contribution >= 4 is 47.8 Å². The molecule has 1 saturated heterocycles. The fourth-order valence-corrected chi connectivity index (χ4v) is 9.02. The van der Waals surface area contributed by atoms with Gasteiger partial charge < -0.3 is 29.4 Å². The zero-order valence-corrected chi connectivity index (χ0v) is 29.9. The van der Waals surface area contributed by atoms with E-state index in [0.29, 0.717) is 11.3 Å². The minimum Gasteiger partial charge on any atom is -0.451 e. The first-order valence-electron chi connectivity index (χ1n) is 15.7. The molecule has 2 N–H and O–H groups in total. The van der Waals surface area contributed by atoms with Crippen LogP contribution >= 0.6 is 30.7 Å². The van der Waals surface area contributed by atoms with E-state index in [4.69, 9.17) is 19.9 Å². The number of carbonyl (C=O) groups excluding carboxylic acids is 2. The minimum absolute atomic E-state index is 0.0487. The molecule has 3 aromatic rings. The summed E-state index contributed by atoms with van der Waals surface area (Å²) >= 11 is 2.56. The number of aromatic nitrogens is 1. The molecule has 6 rings (SSSR count). The summed E-state index contributed by atoms with van der Waals surface area (Å²) in [6.45, 7) is 6.48. The number of esters is 1. The molecule has 16 heteroatoms. The lowest BCUT2D eigenvalue weighted by atomic mass is 9.93. The monoisotopic (exact) mass is 734 g/mol. The molecule has 49 heavy (non-hydrogen) atoms. The lowest BCUT2D eigenvalue weighted by Gasteiger charge is -2.51. The largest absolute Gasteiger partial charge is 0.451 e.